The molecule has 0 saturated heterocycles. The number of H-pyrrole nitrogens is 1. The summed E-state index contributed by atoms with van der Waals surface area (Å²) in [5.41, 5.74) is 4.78. The Morgan fingerprint density at radius 2 is 1.83 bits per heavy atom. The molecule has 36 heavy (non-hydrogen) atoms. The summed E-state index contributed by atoms with van der Waals surface area (Å²) in [4.78, 5) is 27.5. The van der Waals surface area contributed by atoms with Gasteiger partial charge in [-0.15, -0.1) is 0 Å². The van der Waals surface area contributed by atoms with Crippen molar-refractivity contribution in [3.63, 3.8) is 0 Å². The first-order valence-corrected chi connectivity index (χ1v) is 12.2. The van der Waals surface area contributed by atoms with Crippen LogP contribution in [0.1, 0.15) is 46.4 Å². The van der Waals surface area contributed by atoms with E-state index >= 15 is 0 Å². The number of unbranched alkanes of at least 4 members (excludes halogenated alkanes) is 2. The lowest BCUT2D eigenvalue weighted by atomic mass is 10.1. The summed E-state index contributed by atoms with van der Waals surface area (Å²) >= 11 is 0. The van der Waals surface area contributed by atoms with Crippen LogP contribution in [0.3, 0.4) is 0 Å². The van der Waals surface area contributed by atoms with E-state index in [-0.39, 0.29) is 22.8 Å². The average molecular weight is 487 g/mol. The number of amides is 1. The molecule has 6 nitrogen and oxygen atoms in total. The number of carbonyl (C=O) groups is 1. The largest absolute Gasteiger partial charge is 0.342 e. The Morgan fingerprint density at radius 3 is 2.61 bits per heavy atom. The summed E-state index contributed by atoms with van der Waals surface area (Å²) in [7, 11) is 1.74. The minimum atomic E-state index is -0.271. The summed E-state index contributed by atoms with van der Waals surface area (Å²) in [5.74, 6) is -0.519. The quantitative estimate of drug-likeness (QED) is 0.313. The average Bonchev–Trinajstić information content (AvgIpc) is 3.34. The molecule has 0 aliphatic carbocycles. The highest BCUT2D eigenvalue weighted by molar-refractivity contribution is 5.93. The summed E-state index contributed by atoms with van der Waals surface area (Å²) in [6.07, 6.45) is 5.29. The van der Waals surface area contributed by atoms with E-state index in [1.165, 1.54) is 12.1 Å². The fraction of sp³-hybridized carbons (Fsp3) is 0.276. The molecule has 4 rings (SSSR count). The molecule has 2 aromatic carbocycles. The first kappa shape index (κ1) is 25.1. The van der Waals surface area contributed by atoms with Gasteiger partial charge in [0.1, 0.15) is 11.4 Å². The van der Waals surface area contributed by atoms with Crippen molar-refractivity contribution >= 4 is 5.91 Å². The van der Waals surface area contributed by atoms with Crippen LogP contribution in [0.2, 0.25) is 0 Å². The maximum atomic E-state index is 13.1. The van der Waals surface area contributed by atoms with Gasteiger partial charge in [-0.1, -0.05) is 36.2 Å². The van der Waals surface area contributed by atoms with E-state index in [9.17, 15) is 14.0 Å². The third-order valence-electron chi connectivity index (χ3n) is 6.24. The van der Waals surface area contributed by atoms with Crippen molar-refractivity contribution in [2.24, 2.45) is 0 Å². The van der Waals surface area contributed by atoms with Gasteiger partial charge in [0.2, 0.25) is 0 Å². The van der Waals surface area contributed by atoms with Gasteiger partial charge in [0.05, 0.1) is 12.2 Å². The van der Waals surface area contributed by atoms with Gasteiger partial charge in [0.25, 0.3) is 11.5 Å². The molecule has 0 saturated carbocycles. The number of aryl methyl sites for hydroxylation is 2. The van der Waals surface area contributed by atoms with E-state index in [4.69, 9.17) is 0 Å². The number of nitrogens with zero attached hydrogens (tertiary/aromatic N) is 3. The predicted molar refractivity (Wildman–Crippen MR) is 139 cm³/mol. The Hall–Kier alpha value is -4.00. The smallest absolute Gasteiger partial charge is 0.263 e. The zero-order chi connectivity index (χ0) is 25.5. The number of benzene rings is 2. The molecule has 0 bridgehead atoms. The van der Waals surface area contributed by atoms with Crippen molar-refractivity contribution in [3.8, 4) is 11.3 Å². The van der Waals surface area contributed by atoms with Crippen LogP contribution < -0.4 is 5.56 Å². The molecule has 0 fully saturated rings. The highest BCUT2D eigenvalue weighted by Crippen LogP contribution is 2.19. The molecule has 2 aromatic heterocycles. The Bertz CT molecular complexity index is 1370. The minimum absolute atomic E-state index is 0.193. The van der Waals surface area contributed by atoms with E-state index in [2.05, 4.69) is 10.2 Å². The highest BCUT2D eigenvalue weighted by atomic mass is 19.1. The first-order chi connectivity index (χ1) is 17.4. The number of nitrogens with one attached hydrogen (secondary N) is 1. The van der Waals surface area contributed by atoms with E-state index in [0.717, 1.165) is 53.8 Å². The van der Waals surface area contributed by atoms with Crippen molar-refractivity contribution < 1.29 is 9.18 Å². The van der Waals surface area contributed by atoms with Crippen LogP contribution in [0.25, 0.3) is 11.3 Å². The fourth-order valence-electron chi connectivity index (χ4n) is 4.24. The molecule has 7 heteroatoms. The monoisotopic (exact) mass is 486 g/mol. The molecule has 2 heterocycles. The summed E-state index contributed by atoms with van der Waals surface area (Å²) in [5, 5.41) is 7.36. The standard InChI is InChI=1S/C29H31FN4O2/c1-21-8-6-9-22(18-21)20-34-17-7-11-26(29(34)36)28(35)33(2)16-5-3-4-10-25-19-27(32-31-25)23-12-14-24(30)15-13-23/h6-9,11-15,17-19H,3-5,10,16,20H2,1-2H3,(H,31,32). The van der Waals surface area contributed by atoms with E-state index in [1.54, 1.807) is 47.0 Å². The maximum Gasteiger partial charge on any atom is 0.263 e. The molecular weight excluding hydrogens is 455 g/mol. The molecule has 1 N–H and O–H groups in total. The molecule has 1 amide bonds. The normalized spacial score (nSPS) is 11.0. The minimum Gasteiger partial charge on any atom is -0.342 e. The van der Waals surface area contributed by atoms with Crippen molar-refractivity contribution in [1.82, 2.24) is 19.7 Å². The summed E-state index contributed by atoms with van der Waals surface area (Å²) < 4.78 is 14.7. The molecule has 0 aliphatic rings. The Labute approximate surface area is 210 Å². The number of aromatic amines is 1. The van der Waals surface area contributed by atoms with Crippen molar-refractivity contribution in [1.29, 1.82) is 0 Å². The molecule has 0 radical (unpaired) electrons. The number of rotatable bonds is 10. The molecule has 0 spiro atoms. The van der Waals surface area contributed by atoms with Crippen molar-refractivity contribution in [3.05, 3.63) is 111 Å². The van der Waals surface area contributed by atoms with Crippen LogP contribution in [-0.2, 0) is 13.0 Å². The topological polar surface area (TPSA) is 71.0 Å². The van der Waals surface area contributed by atoms with Crippen LogP contribution in [-0.4, -0.2) is 39.2 Å². The Balaban J connectivity index is 1.25. The number of hydrogen-bond donors (Lipinski definition) is 1. The predicted octanol–water partition coefficient (Wildman–Crippen LogP) is 5.22. The van der Waals surface area contributed by atoms with E-state index < -0.39 is 0 Å². The van der Waals surface area contributed by atoms with Gasteiger partial charge in [-0.2, -0.15) is 5.10 Å². The molecular formula is C29H31FN4O2. The molecule has 186 valence electrons. The second-order valence-electron chi connectivity index (χ2n) is 9.17. The van der Waals surface area contributed by atoms with Crippen LogP contribution in [0, 0.1) is 12.7 Å². The number of halogens is 1. The molecule has 4 aromatic rings. The number of aromatic nitrogens is 3. The summed E-state index contributed by atoms with van der Waals surface area (Å²) in [6.45, 7) is 3.03. The number of carbonyl (C=O) groups excluding carboxylic acids is 1. The van der Waals surface area contributed by atoms with Crippen LogP contribution in [0.5, 0.6) is 0 Å². The van der Waals surface area contributed by atoms with Gasteiger partial charge in [0, 0.05) is 31.0 Å². The van der Waals surface area contributed by atoms with Crippen LogP contribution >= 0.6 is 0 Å². The van der Waals surface area contributed by atoms with Gasteiger partial charge >= 0.3 is 0 Å². The van der Waals surface area contributed by atoms with Gasteiger partial charge in [-0.25, -0.2) is 4.39 Å². The third kappa shape index (κ3) is 6.36. The SMILES string of the molecule is Cc1cccc(Cn2cccc(C(=O)N(C)CCCCCc3cc(-c4ccc(F)cc4)n[nH]3)c2=O)c1. The van der Waals surface area contributed by atoms with Crippen molar-refractivity contribution in [2.75, 3.05) is 13.6 Å². The maximum absolute atomic E-state index is 13.1. The van der Waals surface area contributed by atoms with E-state index in [1.807, 2.05) is 37.3 Å². The number of pyridine rings is 1. The number of hydrogen-bond acceptors (Lipinski definition) is 3. The zero-order valence-corrected chi connectivity index (χ0v) is 20.7. The lowest BCUT2D eigenvalue weighted by molar-refractivity contribution is 0.0790. The second-order valence-corrected chi connectivity index (χ2v) is 9.17. The molecule has 0 aliphatic heterocycles. The van der Waals surface area contributed by atoms with Crippen molar-refractivity contribution in [2.45, 2.75) is 39.2 Å². The Morgan fingerprint density at radius 1 is 1.03 bits per heavy atom. The molecule has 0 atom stereocenters. The Kier molecular flexibility index (Phi) is 8.10. The van der Waals surface area contributed by atoms with Gasteiger partial charge < -0.3 is 9.47 Å². The third-order valence-corrected chi connectivity index (χ3v) is 6.24. The van der Waals surface area contributed by atoms with E-state index in [0.29, 0.717) is 13.1 Å². The van der Waals surface area contributed by atoms with Crippen LogP contribution in [0.15, 0.2) is 77.7 Å². The van der Waals surface area contributed by atoms with Crippen LogP contribution in [0.4, 0.5) is 4.39 Å². The second kappa shape index (κ2) is 11.6. The van der Waals surface area contributed by atoms with Gasteiger partial charge in [0.15, 0.2) is 0 Å². The highest BCUT2D eigenvalue weighted by Gasteiger charge is 2.16. The lowest BCUT2D eigenvalue weighted by Crippen LogP contribution is -2.34. The zero-order valence-electron chi connectivity index (χ0n) is 20.7. The molecule has 0 unspecified atom stereocenters. The first-order valence-electron chi connectivity index (χ1n) is 12.2. The summed E-state index contributed by atoms with van der Waals surface area (Å²) in [6, 6.07) is 19.6. The lowest BCUT2D eigenvalue weighted by Gasteiger charge is -2.17. The van der Waals surface area contributed by atoms with Gasteiger partial charge in [-0.3, -0.25) is 14.7 Å². The van der Waals surface area contributed by atoms with Gasteiger partial charge in [-0.05, 0) is 74.2 Å². The fourth-order valence-corrected chi connectivity index (χ4v) is 4.24.